The van der Waals surface area contributed by atoms with Crippen molar-refractivity contribution < 1.29 is 39.0 Å². The third-order valence-electron chi connectivity index (χ3n) is 0.445. The van der Waals surface area contributed by atoms with Crippen molar-refractivity contribution >= 4 is 7.37 Å². The summed E-state index contributed by atoms with van der Waals surface area (Å²) in [7, 11) is -1.42. The van der Waals surface area contributed by atoms with Gasteiger partial charge in [-0.2, -0.15) is 0 Å². The van der Waals surface area contributed by atoms with Gasteiger partial charge in [-0.3, -0.25) is 0 Å². The average Bonchev–Trinajstić information content (AvgIpc) is 1.30. The summed E-state index contributed by atoms with van der Waals surface area (Å²) in [4.78, 5) is 10.2. The van der Waals surface area contributed by atoms with E-state index in [0.29, 0.717) is 0 Å². The number of rotatable bonds is 2. The molecule has 0 aliphatic heterocycles. The van der Waals surface area contributed by atoms with Gasteiger partial charge in [-0.25, -0.2) is 0 Å². The van der Waals surface area contributed by atoms with Gasteiger partial charge in [0, 0.05) is 13.7 Å². The van der Waals surface area contributed by atoms with Gasteiger partial charge < -0.3 is 14.8 Å². The van der Waals surface area contributed by atoms with Crippen LogP contribution in [0, 0.1) is 0 Å². The first kappa shape index (κ1) is 11.9. The zero-order valence-corrected chi connectivity index (χ0v) is 8.37. The summed E-state index contributed by atoms with van der Waals surface area (Å²) >= 11 is 0. The van der Waals surface area contributed by atoms with E-state index in [4.69, 9.17) is 0 Å². The molecule has 1 unspecified atom stereocenters. The fourth-order valence-corrected chi connectivity index (χ4v) is 0.862. The Balaban J connectivity index is 0. The third kappa shape index (κ3) is 10.2. The van der Waals surface area contributed by atoms with Crippen LogP contribution in [0.15, 0.2) is 0 Å². The van der Waals surface area contributed by atoms with Crippen molar-refractivity contribution in [3.8, 4) is 0 Å². The van der Waals surface area contributed by atoms with Gasteiger partial charge in [-0.05, 0) is 13.7 Å². The number of nitrogens with one attached hydrogen (secondary N) is 1. The molecular formula is C3H9NNaO2P. The maximum absolute atomic E-state index is 10.2. The molecule has 8 heavy (non-hydrogen) atoms. The van der Waals surface area contributed by atoms with Crippen molar-refractivity contribution in [1.29, 1.82) is 0 Å². The Morgan fingerprint density at radius 1 is 1.75 bits per heavy atom. The Labute approximate surface area is 71.6 Å². The van der Waals surface area contributed by atoms with Crippen molar-refractivity contribution in [2.45, 2.75) is 0 Å². The van der Waals surface area contributed by atoms with E-state index in [0.717, 1.165) is 0 Å². The SMILES string of the molecule is CNCP(C)(=O)[O-].[Na+]. The molecule has 0 radical (unpaired) electrons. The van der Waals surface area contributed by atoms with Gasteiger partial charge in [0.25, 0.3) is 0 Å². The van der Waals surface area contributed by atoms with Crippen molar-refractivity contribution in [2.24, 2.45) is 0 Å². The summed E-state index contributed by atoms with van der Waals surface area (Å²) in [6.45, 7) is 1.21. The molecule has 0 bridgehead atoms. The van der Waals surface area contributed by atoms with E-state index < -0.39 is 7.37 Å². The van der Waals surface area contributed by atoms with Crippen LogP contribution in [0.5, 0.6) is 0 Å². The Bertz CT molecular complexity index is 91.3. The quantitative estimate of drug-likeness (QED) is 0.323. The van der Waals surface area contributed by atoms with Gasteiger partial charge in [0.15, 0.2) is 0 Å². The van der Waals surface area contributed by atoms with Crippen LogP contribution in [-0.2, 0) is 4.57 Å². The van der Waals surface area contributed by atoms with Crippen LogP contribution in [0.2, 0.25) is 0 Å². The molecule has 1 N–H and O–H groups in total. The Morgan fingerprint density at radius 3 is 2.12 bits per heavy atom. The van der Waals surface area contributed by atoms with E-state index in [1.165, 1.54) is 6.66 Å². The molecule has 0 heterocycles. The minimum Gasteiger partial charge on any atom is -0.799 e. The normalized spacial score (nSPS) is 16.4. The fraction of sp³-hybridized carbons (Fsp3) is 1.00. The van der Waals surface area contributed by atoms with Crippen LogP contribution in [0.3, 0.4) is 0 Å². The van der Waals surface area contributed by atoms with Crippen LogP contribution in [-0.4, -0.2) is 20.0 Å². The molecule has 0 rings (SSSR count). The molecule has 0 amide bonds. The molecule has 44 valence electrons. The third-order valence-corrected chi connectivity index (χ3v) is 1.34. The molecule has 0 aliphatic carbocycles. The molecule has 0 spiro atoms. The second kappa shape index (κ2) is 4.98. The second-order valence-electron chi connectivity index (χ2n) is 1.53. The molecule has 1 atom stereocenters. The largest absolute Gasteiger partial charge is 1.00 e. The summed E-state index contributed by atoms with van der Waals surface area (Å²) < 4.78 is 10.2. The minimum absolute atomic E-state index is 0. The Hall–Kier alpha value is 1.15. The first-order valence-corrected chi connectivity index (χ1v) is 4.24. The number of hydrogen-bond acceptors (Lipinski definition) is 3. The topological polar surface area (TPSA) is 52.2 Å². The van der Waals surface area contributed by atoms with Crippen molar-refractivity contribution in [2.75, 3.05) is 20.0 Å². The van der Waals surface area contributed by atoms with E-state index in [2.05, 4.69) is 5.32 Å². The van der Waals surface area contributed by atoms with Gasteiger partial charge in [-0.15, -0.1) is 0 Å². The average molecular weight is 145 g/mol. The van der Waals surface area contributed by atoms with Crippen LogP contribution in [0.4, 0.5) is 0 Å². The summed E-state index contributed by atoms with van der Waals surface area (Å²) in [6, 6.07) is 0. The molecular weight excluding hydrogens is 136 g/mol. The van der Waals surface area contributed by atoms with Gasteiger partial charge in [-0.1, -0.05) is 0 Å². The van der Waals surface area contributed by atoms with Crippen LogP contribution in [0.1, 0.15) is 0 Å². The van der Waals surface area contributed by atoms with Gasteiger partial charge in [0.1, 0.15) is 0 Å². The fourth-order valence-electron chi connectivity index (χ4n) is 0.287. The van der Waals surface area contributed by atoms with Gasteiger partial charge in [0.2, 0.25) is 0 Å². The minimum atomic E-state index is -3.03. The summed E-state index contributed by atoms with van der Waals surface area (Å²) in [5.74, 6) is 0. The zero-order valence-electron chi connectivity index (χ0n) is 5.47. The molecule has 3 nitrogen and oxygen atoms in total. The second-order valence-corrected chi connectivity index (χ2v) is 3.87. The Kier molecular flexibility index (Phi) is 7.40. The van der Waals surface area contributed by atoms with Gasteiger partial charge in [0.05, 0.1) is 0 Å². The maximum Gasteiger partial charge on any atom is 1.00 e. The van der Waals surface area contributed by atoms with E-state index in [9.17, 15) is 9.46 Å². The first-order valence-electron chi connectivity index (χ1n) is 1.98. The zero-order chi connectivity index (χ0) is 5.91. The molecule has 0 aliphatic rings. The summed E-state index contributed by atoms with van der Waals surface area (Å²) in [6.07, 6.45) is 0.0903. The Morgan fingerprint density at radius 2 is 2.12 bits per heavy atom. The van der Waals surface area contributed by atoms with Crippen LogP contribution in [0.25, 0.3) is 0 Å². The first-order chi connectivity index (χ1) is 3.06. The predicted molar refractivity (Wildman–Crippen MR) is 27.5 cm³/mol. The maximum atomic E-state index is 10.2. The molecule has 5 heteroatoms. The summed E-state index contributed by atoms with van der Waals surface area (Å²) in [5.41, 5.74) is 0. The predicted octanol–water partition coefficient (Wildman–Crippen LogP) is -3.56. The van der Waals surface area contributed by atoms with E-state index in [1.807, 2.05) is 0 Å². The van der Waals surface area contributed by atoms with Crippen LogP contribution < -0.4 is 39.8 Å². The van der Waals surface area contributed by atoms with E-state index in [-0.39, 0.29) is 35.8 Å². The molecule has 0 fully saturated rings. The van der Waals surface area contributed by atoms with E-state index in [1.54, 1.807) is 7.05 Å². The molecule has 0 aromatic heterocycles. The monoisotopic (exact) mass is 145 g/mol. The molecule has 0 aromatic rings. The number of hydrogen-bond donors (Lipinski definition) is 1. The van der Waals surface area contributed by atoms with Crippen LogP contribution >= 0.6 is 7.37 Å². The standard InChI is InChI=1S/C3H10NO2P.Na/c1-4-3-7(2,5)6;/h4H,3H2,1-2H3,(H,5,6);/q;+1/p-1. The smallest absolute Gasteiger partial charge is 0.799 e. The van der Waals surface area contributed by atoms with Gasteiger partial charge >= 0.3 is 29.6 Å². The molecule has 0 saturated carbocycles. The molecule has 0 saturated heterocycles. The van der Waals surface area contributed by atoms with Crippen molar-refractivity contribution in [3.63, 3.8) is 0 Å². The van der Waals surface area contributed by atoms with E-state index >= 15 is 0 Å². The van der Waals surface area contributed by atoms with Crippen molar-refractivity contribution in [1.82, 2.24) is 5.32 Å². The van der Waals surface area contributed by atoms with Crippen molar-refractivity contribution in [3.05, 3.63) is 0 Å². The molecule has 0 aromatic carbocycles. The summed E-state index contributed by atoms with van der Waals surface area (Å²) in [5, 5.41) is 2.53.